The molecular formula is C18H16F3NO4. The van der Waals surface area contributed by atoms with Crippen LogP contribution < -0.4 is 10.1 Å². The van der Waals surface area contributed by atoms with E-state index in [1.165, 1.54) is 19.1 Å². The Kier molecular flexibility index (Phi) is 6.21. The topological polar surface area (TPSA) is 64.6 Å². The van der Waals surface area contributed by atoms with Crippen molar-refractivity contribution in [2.75, 3.05) is 11.9 Å². The second-order valence-electron chi connectivity index (χ2n) is 5.27. The zero-order valence-corrected chi connectivity index (χ0v) is 13.7. The third kappa shape index (κ3) is 5.51. The van der Waals surface area contributed by atoms with Gasteiger partial charge in [-0.15, -0.1) is 0 Å². The Morgan fingerprint density at radius 1 is 1.04 bits per heavy atom. The molecule has 0 fully saturated rings. The number of rotatable bonds is 6. The van der Waals surface area contributed by atoms with Crippen LogP contribution >= 0.6 is 0 Å². The lowest BCUT2D eigenvalue weighted by Gasteiger charge is -2.15. The minimum Gasteiger partial charge on any atom is -0.479 e. The van der Waals surface area contributed by atoms with Crippen molar-refractivity contribution in [1.82, 2.24) is 0 Å². The highest BCUT2D eigenvalue weighted by Crippen LogP contribution is 2.34. The van der Waals surface area contributed by atoms with E-state index >= 15 is 0 Å². The van der Waals surface area contributed by atoms with Gasteiger partial charge >= 0.3 is 12.1 Å². The van der Waals surface area contributed by atoms with E-state index in [4.69, 9.17) is 9.47 Å². The van der Waals surface area contributed by atoms with E-state index in [1.54, 1.807) is 30.3 Å². The fourth-order valence-electron chi connectivity index (χ4n) is 2.03. The zero-order chi connectivity index (χ0) is 19.2. The van der Waals surface area contributed by atoms with E-state index in [9.17, 15) is 22.8 Å². The van der Waals surface area contributed by atoms with Crippen molar-refractivity contribution in [2.24, 2.45) is 0 Å². The molecule has 0 unspecified atom stereocenters. The maximum Gasteiger partial charge on any atom is 0.418 e. The van der Waals surface area contributed by atoms with Crippen molar-refractivity contribution in [3.05, 3.63) is 60.2 Å². The monoisotopic (exact) mass is 367 g/mol. The molecule has 2 aromatic carbocycles. The van der Waals surface area contributed by atoms with Crippen LogP contribution in [0.25, 0.3) is 0 Å². The Balaban J connectivity index is 1.88. The number of esters is 1. The number of carbonyl (C=O) groups excluding carboxylic acids is 2. The number of alkyl halides is 3. The molecule has 0 saturated heterocycles. The van der Waals surface area contributed by atoms with Gasteiger partial charge in [-0.2, -0.15) is 13.2 Å². The van der Waals surface area contributed by atoms with Gasteiger partial charge < -0.3 is 14.8 Å². The number of halogens is 3. The molecule has 138 valence electrons. The Morgan fingerprint density at radius 3 is 2.31 bits per heavy atom. The van der Waals surface area contributed by atoms with Gasteiger partial charge in [-0.05, 0) is 31.2 Å². The first-order chi connectivity index (χ1) is 12.3. The normalized spacial score (nSPS) is 12.2. The van der Waals surface area contributed by atoms with Crippen LogP contribution in [0.5, 0.6) is 5.75 Å². The van der Waals surface area contributed by atoms with Crippen LogP contribution in [0.1, 0.15) is 12.5 Å². The van der Waals surface area contributed by atoms with Crippen molar-refractivity contribution < 1.29 is 32.2 Å². The molecular weight excluding hydrogens is 351 g/mol. The molecule has 1 N–H and O–H groups in total. The summed E-state index contributed by atoms with van der Waals surface area (Å²) in [6.07, 6.45) is -5.59. The minimum absolute atomic E-state index is 0.408. The predicted octanol–water partition coefficient (Wildman–Crippen LogP) is 3.65. The van der Waals surface area contributed by atoms with Crippen molar-refractivity contribution in [3.8, 4) is 5.75 Å². The number of ether oxygens (including phenoxy) is 2. The van der Waals surface area contributed by atoms with Crippen LogP contribution in [0.2, 0.25) is 0 Å². The smallest absolute Gasteiger partial charge is 0.418 e. The lowest BCUT2D eigenvalue weighted by Crippen LogP contribution is -2.30. The van der Waals surface area contributed by atoms with Gasteiger partial charge in [0.1, 0.15) is 5.75 Å². The molecule has 0 aliphatic carbocycles. The van der Waals surface area contributed by atoms with Crippen molar-refractivity contribution in [1.29, 1.82) is 0 Å². The molecule has 0 heterocycles. The van der Waals surface area contributed by atoms with Gasteiger partial charge in [0.2, 0.25) is 0 Å². The molecule has 2 rings (SSSR count). The van der Waals surface area contributed by atoms with Gasteiger partial charge in [0.15, 0.2) is 12.7 Å². The maximum atomic E-state index is 12.9. The summed E-state index contributed by atoms with van der Waals surface area (Å²) in [5.74, 6) is -1.25. The molecule has 1 amide bonds. The summed E-state index contributed by atoms with van der Waals surface area (Å²) < 4.78 is 48.7. The Labute approximate surface area is 147 Å². The summed E-state index contributed by atoms with van der Waals surface area (Å²) in [4.78, 5) is 23.6. The summed E-state index contributed by atoms with van der Waals surface area (Å²) >= 11 is 0. The lowest BCUT2D eigenvalue weighted by molar-refractivity contribution is -0.153. The van der Waals surface area contributed by atoms with Crippen LogP contribution in [0, 0.1) is 0 Å². The molecule has 0 spiro atoms. The van der Waals surface area contributed by atoms with E-state index in [1.807, 2.05) is 0 Å². The van der Waals surface area contributed by atoms with Gasteiger partial charge in [-0.3, -0.25) is 4.79 Å². The molecule has 0 saturated carbocycles. The zero-order valence-electron chi connectivity index (χ0n) is 13.7. The first-order valence-electron chi connectivity index (χ1n) is 7.62. The minimum atomic E-state index is -4.61. The number of anilines is 1. The van der Waals surface area contributed by atoms with Crippen molar-refractivity contribution in [3.63, 3.8) is 0 Å². The van der Waals surface area contributed by atoms with Gasteiger partial charge in [-0.1, -0.05) is 30.3 Å². The highest BCUT2D eigenvalue weighted by Gasteiger charge is 2.33. The molecule has 0 bridgehead atoms. The second-order valence-corrected chi connectivity index (χ2v) is 5.27. The summed E-state index contributed by atoms with van der Waals surface area (Å²) in [6.45, 7) is 0.708. The lowest BCUT2D eigenvalue weighted by atomic mass is 10.1. The van der Waals surface area contributed by atoms with E-state index in [0.717, 1.165) is 12.1 Å². The average molecular weight is 367 g/mol. The number of para-hydroxylation sites is 2. The van der Waals surface area contributed by atoms with E-state index in [-0.39, 0.29) is 0 Å². The molecule has 2 aromatic rings. The summed E-state index contributed by atoms with van der Waals surface area (Å²) in [5, 5.41) is 2.08. The molecule has 26 heavy (non-hydrogen) atoms. The SMILES string of the molecule is C[C@H](Oc1ccccc1)C(=O)OCC(=O)Nc1ccccc1C(F)(F)F. The largest absolute Gasteiger partial charge is 0.479 e. The third-order valence-electron chi connectivity index (χ3n) is 3.24. The summed E-state index contributed by atoms with van der Waals surface area (Å²) in [7, 11) is 0. The quantitative estimate of drug-likeness (QED) is 0.792. The Bertz CT molecular complexity index is 763. The third-order valence-corrected chi connectivity index (χ3v) is 3.24. The van der Waals surface area contributed by atoms with Crippen LogP contribution in [0.15, 0.2) is 54.6 Å². The molecule has 0 aromatic heterocycles. The number of amides is 1. The van der Waals surface area contributed by atoms with Gasteiger partial charge in [0, 0.05) is 0 Å². The fourth-order valence-corrected chi connectivity index (χ4v) is 2.03. The number of hydrogen-bond acceptors (Lipinski definition) is 4. The number of nitrogens with one attached hydrogen (secondary N) is 1. The Hall–Kier alpha value is -3.03. The van der Waals surface area contributed by atoms with E-state index in [2.05, 4.69) is 5.32 Å². The molecule has 0 aliphatic rings. The molecule has 0 radical (unpaired) electrons. The summed E-state index contributed by atoms with van der Waals surface area (Å²) in [5.41, 5.74) is -1.39. The van der Waals surface area contributed by atoms with Gasteiger partial charge in [0.25, 0.3) is 5.91 Å². The average Bonchev–Trinajstić information content (AvgIpc) is 2.60. The van der Waals surface area contributed by atoms with Crippen molar-refractivity contribution in [2.45, 2.75) is 19.2 Å². The number of hydrogen-bond donors (Lipinski definition) is 1. The number of benzene rings is 2. The summed E-state index contributed by atoms with van der Waals surface area (Å²) in [6, 6.07) is 13.0. The fraction of sp³-hybridized carbons (Fsp3) is 0.222. The van der Waals surface area contributed by atoms with Gasteiger partial charge in [-0.25, -0.2) is 4.79 Å². The first-order valence-corrected chi connectivity index (χ1v) is 7.62. The molecule has 5 nitrogen and oxygen atoms in total. The number of carbonyl (C=O) groups is 2. The molecule has 8 heteroatoms. The maximum absolute atomic E-state index is 12.9. The molecule has 0 aliphatic heterocycles. The Morgan fingerprint density at radius 2 is 1.65 bits per heavy atom. The van der Waals surface area contributed by atoms with Gasteiger partial charge in [0.05, 0.1) is 11.3 Å². The van der Waals surface area contributed by atoms with Crippen LogP contribution in [-0.2, 0) is 20.5 Å². The standard InChI is InChI=1S/C18H16F3NO4/c1-12(26-13-7-3-2-4-8-13)17(24)25-11-16(23)22-15-10-6-5-9-14(15)18(19,20)21/h2-10,12H,11H2,1H3,(H,22,23)/t12-/m0/s1. The van der Waals surface area contributed by atoms with Crippen LogP contribution in [0.4, 0.5) is 18.9 Å². The van der Waals surface area contributed by atoms with E-state index < -0.39 is 42.0 Å². The van der Waals surface area contributed by atoms with Crippen LogP contribution in [0.3, 0.4) is 0 Å². The van der Waals surface area contributed by atoms with E-state index in [0.29, 0.717) is 5.75 Å². The second kappa shape index (κ2) is 8.37. The first kappa shape index (κ1) is 19.3. The highest BCUT2D eigenvalue weighted by atomic mass is 19.4. The van der Waals surface area contributed by atoms with Crippen molar-refractivity contribution >= 4 is 17.6 Å². The highest BCUT2D eigenvalue weighted by molar-refractivity contribution is 5.93. The predicted molar refractivity (Wildman–Crippen MR) is 87.6 cm³/mol. The molecule has 1 atom stereocenters. The van der Waals surface area contributed by atoms with Crippen LogP contribution in [-0.4, -0.2) is 24.6 Å².